The van der Waals surface area contributed by atoms with Crippen molar-refractivity contribution in [2.24, 2.45) is 0 Å². The van der Waals surface area contributed by atoms with Gasteiger partial charge < -0.3 is 4.74 Å². The Balaban J connectivity index is 1.80. The number of rotatable bonds is 6. The number of ether oxygens (including phenoxy) is 1. The summed E-state index contributed by atoms with van der Waals surface area (Å²) in [5.74, 6) is 0.538. The van der Waals surface area contributed by atoms with Crippen LogP contribution in [0.4, 0.5) is 5.13 Å². The molecule has 1 N–H and O–H groups in total. The zero-order valence-electron chi connectivity index (χ0n) is 10.9. The molecule has 1 atom stereocenters. The number of carbonyl (C=O) groups excluding carboxylic acids is 1. The van der Waals surface area contributed by atoms with E-state index in [1.165, 1.54) is 11.3 Å². The van der Waals surface area contributed by atoms with E-state index in [2.05, 4.69) is 15.5 Å². The van der Waals surface area contributed by atoms with Crippen molar-refractivity contribution in [1.82, 2.24) is 10.2 Å². The Hall–Kier alpha value is -1.66. The van der Waals surface area contributed by atoms with Gasteiger partial charge in [-0.2, -0.15) is 0 Å². The molecule has 0 fully saturated rings. The smallest absolute Gasteiger partial charge is 0.243 e. The molecule has 20 heavy (non-hydrogen) atoms. The van der Waals surface area contributed by atoms with Crippen molar-refractivity contribution in [2.75, 3.05) is 11.9 Å². The number of carbonyl (C=O) groups is 1. The van der Waals surface area contributed by atoms with Gasteiger partial charge in [0.2, 0.25) is 11.0 Å². The van der Waals surface area contributed by atoms with Gasteiger partial charge in [0.1, 0.15) is 16.1 Å². The number of amides is 1. The molecule has 0 saturated heterocycles. The Kier molecular flexibility index (Phi) is 5.31. The highest BCUT2D eigenvalue weighted by Crippen LogP contribution is 2.17. The first-order valence-corrected chi connectivity index (χ1v) is 7.35. The molecule has 0 aliphatic carbocycles. The third-order valence-corrected chi connectivity index (χ3v) is 3.48. The van der Waals surface area contributed by atoms with E-state index in [-0.39, 0.29) is 5.91 Å². The van der Waals surface area contributed by atoms with Crippen LogP contribution in [0.1, 0.15) is 11.9 Å². The van der Waals surface area contributed by atoms with E-state index in [0.717, 1.165) is 10.8 Å². The molecule has 106 valence electrons. The number of nitrogens with one attached hydrogen (secondary N) is 1. The maximum atomic E-state index is 11.4. The van der Waals surface area contributed by atoms with Crippen LogP contribution in [-0.4, -0.2) is 28.1 Å². The summed E-state index contributed by atoms with van der Waals surface area (Å²) < 4.78 is 5.57. The summed E-state index contributed by atoms with van der Waals surface area (Å²) in [7, 11) is 0. The van der Waals surface area contributed by atoms with E-state index in [9.17, 15) is 4.79 Å². The zero-order valence-corrected chi connectivity index (χ0v) is 12.4. The molecule has 0 spiro atoms. The second-order valence-electron chi connectivity index (χ2n) is 4.02. The number of nitrogens with zero attached hydrogens (tertiary/aromatic N) is 2. The number of hydrogen-bond donors (Lipinski definition) is 1. The fraction of sp³-hybridized carbons (Fsp3) is 0.308. The number of halogens is 1. The van der Waals surface area contributed by atoms with Gasteiger partial charge in [-0.3, -0.25) is 10.1 Å². The van der Waals surface area contributed by atoms with Crippen molar-refractivity contribution in [1.29, 1.82) is 0 Å². The summed E-state index contributed by atoms with van der Waals surface area (Å²) in [6, 6.07) is 9.56. The molecule has 0 aliphatic heterocycles. The third-order valence-electron chi connectivity index (χ3n) is 2.39. The van der Waals surface area contributed by atoms with Gasteiger partial charge in [-0.1, -0.05) is 29.5 Å². The van der Waals surface area contributed by atoms with E-state index in [4.69, 9.17) is 16.3 Å². The van der Waals surface area contributed by atoms with Gasteiger partial charge in [-0.05, 0) is 19.1 Å². The first-order valence-electron chi connectivity index (χ1n) is 6.10. The number of aromatic nitrogens is 2. The van der Waals surface area contributed by atoms with Crippen LogP contribution in [-0.2, 0) is 11.2 Å². The van der Waals surface area contributed by atoms with Crippen LogP contribution in [0.2, 0.25) is 0 Å². The number of hydrogen-bond acceptors (Lipinski definition) is 5. The monoisotopic (exact) mass is 311 g/mol. The van der Waals surface area contributed by atoms with E-state index in [1.54, 1.807) is 6.92 Å². The van der Waals surface area contributed by atoms with Crippen LogP contribution in [0.3, 0.4) is 0 Å². The molecule has 2 rings (SSSR count). The predicted octanol–water partition coefficient (Wildman–Crippen LogP) is 2.73. The lowest BCUT2D eigenvalue weighted by molar-refractivity contribution is -0.115. The summed E-state index contributed by atoms with van der Waals surface area (Å²) >= 11 is 6.98. The fourth-order valence-corrected chi connectivity index (χ4v) is 2.16. The SMILES string of the molecule is CC(Cl)C(=O)Nc1nnc(CCOc2ccccc2)s1. The van der Waals surface area contributed by atoms with Gasteiger partial charge in [-0.25, -0.2) is 0 Å². The molecular formula is C13H14ClN3O2S. The minimum atomic E-state index is -0.594. The maximum absolute atomic E-state index is 11.4. The summed E-state index contributed by atoms with van der Waals surface area (Å²) in [5, 5.41) is 11.1. The Morgan fingerprint density at radius 3 is 2.85 bits per heavy atom. The topological polar surface area (TPSA) is 64.1 Å². The highest BCUT2D eigenvalue weighted by atomic mass is 35.5. The molecule has 2 aromatic rings. The van der Waals surface area contributed by atoms with E-state index in [0.29, 0.717) is 18.2 Å². The Morgan fingerprint density at radius 2 is 2.15 bits per heavy atom. The standard InChI is InChI=1S/C13H14ClN3O2S/c1-9(14)12(18)15-13-17-16-11(20-13)7-8-19-10-5-3-2-4-6-10/h2-6,9H,7-8H2,1H3,(H,15,17,18). The molecule has 0 saturated carbocycles. The molecule has 1 unspecified atom stereocenters. The number of anilines is 1. The number of benzene rings is 1. The minimum Gasteiger partial charge on any atom is -0.493 e. The van der Waals surface area contributed by atoms with Gasteiger partial charge in [0, 0.05) is 6.42 Å². The van der Waals surface area contributed by atoms with Crippen LogP contribution in [0.5, 0.6) is 5.75 Å². The summed E-state index contributed by atoms with van der Waals surface area (Å²) in [6.45, 7) is 2.12. The van der Waals surface area contributed by atoms with E-state index >= 15 is 0 Å². The van der Waals surface area contributed by atoms with Crippen molar-refractivity contribution in [2.45, 2.75) is 18.7 Å². The quantitative estimate of drug-likeness (QED) is 0.833. The first-order chi connectivity index (χ1) is 9.65. The van der Waals surface area contributed by atoms with Crippen LogP contribution in [0.25, 0.3) is 0 Å². The number of alkyl halides is 1. The molecule has 1 amide bonds. The van der Waals surface area contributed by atoms with Crippen molar-refractivity contribution < 1.29 is 9.53 Å². The molecule has 0 aliphatic rings. The average Bonchev–Trinajstić information content (AvgIpc) is 2.87. The van der Waals surface area contributed by atoms with Crippen LogP contribution in [0.15, 0.2) is 30.3 Å². The second-order valence-corrected chi connectivity index (χ2v) is 5.73. The van der Waals surface area contributed by atoms with Gasteiger partial charge in [-0.15, -0.1) is 21.8 Å². The van der Waals surface area contributed by atoms with Crippen molar-refractivity contribution >= 4 is 34.0 Å². The van der Waals surface area contributed by atoms with Crippen molar-refractivity contribution in [3.8, 4) is 5.75 Å². The average molecular weight is 312 g/mol. The molecule has 0 bridgehead atoms. The van der Waals surface area contributed by atoms with Gasteiger partial charge in [0.15, 0.2) is 0 Å². The molecule has 7 heteroatoms. The molecule has 0 radical (unpaired) electrons. The van der Waals surface area contributed by atoms with Gasteiger partial charge >= 0.3 is 0 Å². The number of para-hydroxylation sites is 1. The Labute approximate surface area is 125 Å². The largest absolute Gasteiger partial charge is 0.493 e. The van der Waals surface area contributed by atoms with Crippen molar-refractivity contribution in [3.63, 3.8) is 0 Å². The first kappa shape index (κ1) is 14.7. The molecule has 5 nitrogen and oxygen atoms in total. The highest BCUT2D eigenvalue weighted by molar-refractivity contribution is 7.15. The second kappa shape index (κ2) is 7.21. The van der Waals surface area contributed by atoms with Crippen LogP contribution < -0.4 is 10.1 Å². The summed E-state index contributed by atoms with van der Waals surface area (Å²) in [5.41, 5.74) is 0. The predicted molar refractivity (Wildman–Crippen MR) is 79.5 cm³/mol. The lowest BCUT2D eigenvalue weighted by atomic mass is 10.3. The molecule has 1 heterocycles. The van der Waals surface area contributed by atoms with E-state index in [1.807, 2.05) is 30.3 Å². The van der Waals surface area contributed by atoms with E-state index < -0.39 is 5.38 Å². The molecule has 1 aromatic heterocycles. The minimum absolute atomic E-state index is 0.282. The van der Waals surface area contributed by atoms with Crippen LogP contribution in [0, 0.1) is 0 Å². The highest BCUT2D eigenvalue weighted by Gasteiger charge is 2.12. The molecule has 1 aromatic carbocycles. The summed E-state index contributed by atoms with van der Waals surface area (Å²) in [6.07, 6.45) is 0.638. The maximum Gasteiger partial charge on any atom is 0.243 e. The van der Waals surface area contributed by atoms with Gasteiger partial charge in [0.25, 0.3) is 0 Å². The Bertz CT molecular complexity index is 560. The van der Waals surface area contributed by atoms with Crippen LogP contribution >= 0.6 is 22.9 Å². The molecular weight excluding hydrogens is 298 g/mol. The third kappa shape index (κ3) is 4.47. The lowest BCUT2D eigenvalue weighted by Crippen LogP contribution is -2.20. The fourth-order valence-electron chi connectivity index (χ4n) is 1.38. The zero-order chi connectivity index (χ0) is 14.4. The summed E-state index contributed by atoms with van der Waals surface area (Å²) in [4.78, 5) is 11.4. The normalized spacial score (nSPS) is 11.9. The Morgan fingerprint density at radius 1 is 1.40 bits per heavy atom. The lowest BCUT2D eigenvalue weighted by Gasteiger charge is -2.03. The van der Waals surface area contributed by atoms with Gasteiger partial charge in [0.05, 0.1) is 6.61 Å². The van der Waals surface area contributed by atoms with Crippen molar-refractivity contribution in [3.05, 3.63) is 35.3 Å².